The molecule has 1 fully saturated rings. The minimum Gasteiger partial charge on any atom is -0.407 e. The lowest BCUT2D eigenvalue weighted by Crippen LogP contribution is -2.35. The van der Waals surface area contributed by atoms with Gasteiger partial charge in [0.25, 0.3) is 5.91 Å². The summed E-state index contributed by atoms with van der Waals surface area (Å²) >= 11 is 0. The number of nitrogens with one attached hydrogen (secondary N) is 1. The molecule has 0 radical (unpaired) electrons. The van der Waals surface area contributed by atoms with Crippen molar-refractivity contribution >= 4 is 34.3 Å². The van der Waals surface area contributed by atoms with Crippen LogP contribution in [0, 0.1) is 0 Å². The van der Waals surface area contributed by atoms with Crippen LogP contribution in [-0.4, -0.2) is 22.9 Å². The Morgan fingerprint density at radius 3 is 2.74 bits per heavy atom. The molecular weight excluding hydrogens is 346 g/mol. The molecule has 27 heavy (non-hydrogen) atoms. The zero-order valence-corrected chi connectivity index (χ0v) is 14.9. The third-order valence-electron chi connectivity index (χ3n) is 4.80. The fourth-order valence-corrected chi connectivity index (χ4v) is 3.36. The summed E-state index contributed by atoms with van der Waals surface area (Å²) in [4.78, 5) is 38.4. The molecule has 1 saturated heterocycles. The van der Waals surface area contributed by atoms with E-state index in [1.807, 2.05) is 6.07 Å². The number of oxazole rings is 1. The number of piperidine rings is 1. The van der Waals surface area contributed by atoms with Crippen molar-refractivity contribution in [1.82, 2.24) is 4.57 Å². The molecule has 0 bridgehead atoms. The molecular formula is C20H19N3O4. The van der Waals surface area contributed by atoms with Gasteiger partial charge in [-0.1, -0.05) is 12.1 Å². The van der Waals surface area contributed by atoms with Crippen LogP contribution in [0.1, 0.15) is 29.6 Å². The van der Waals surface area contributed by atoms with Gasteiger partial charge in [0.1, 0.15) is 0 Å². The first-order valence-corrected chi connectivity index (χ1v) is 8.85. The standard InChI is InChI=1S/C20H19N3O4/c1-22-16-9-5-8-15(18(16)27-20(22)26)19(25)21-13-6-4-7-14(12-13)23-11-3-2-10-17(23)24/h4-9,12H,2-3,10-11H2,1H3,(H,21,25). The van der Waals surface area contributed by atoms with E-state index in [0.717, 1.165) is 18.5 Å². The van der Waals surface area contributed by atoms with Gasteiger partial charge in [0, 0.05) is 31.4 Å². The van der Waals surface area contributed by atoms with Crippen molar-refractivity contribution in [2.45, 2.75) is 19.3 Å². The first-order valence-electron chi connectivity index (χ1n) is 8.85. The number of amides is 2. The molecule has 0 atom stereocenters. The molecule has 0 spiro atoms. The highest BCUT2D eigenvalue weighted by molar-refractivity contribution is 6.11. The third kappa shape index (κ3) is 3.12. The Labute approximate surface area is 155 Å². The normalized spacial score (nSPS) is 14.6. The second-order valence-corrected chi connectivity index (χ2v) is 6.59. The van der Waals surface area contributed by atoms with E-state index in [-0.39, 0.29) is 23.0 Å². The smallest absolute Gasteiger partial charge is 0.407 e. The van der Waals surface area contributed by atoms with Gasteiger partial charge in [-0.3, -0.25) is 14.2 Å². The molecule has 2 heterocycles. The van der Waals surface area contributed by atoms with Crippen LogP contribution in [0.5, 0.6) is 0 Å². The van der Waals surface area contributed by atoms with Crippen LogP contribution in [0.15, 0.2) is 51.7 Å². The van der Waals surface area contributed by atoms with Crippen molar-refractivity contribution < 1.29 is 14.0 Å². The Morgan fingerprint density at radius 2 is 1.93 bits per heavy atom. The molecule has 4 rings (SSSR count). The van der Waals surface area contributed by atoms with E-state index in [2.05, 4.69) is 5.32 Å². The van der Waals surface area contributed by atoms with Gasteiger partial charge >= 0.3 is 5.76 Å². The molecule has 2 amide bonds. The predicted octanol–water partition coefficient (Wildman–Crippen LogP) is 2.90. The maximum Gasteiger partial charge on any atom is 0.419 e. The van der Waals surface area contributed by atoms with Crippen LogP contribution in [0.3, 0.4) is 0 Å². The summed E-state index contributed by atoms with van der Waals surface area (Å²) in [5.74, 6) is -0.798. The van der Waals surface area contributed by atoms with Crippen LogP contribution >= 0.6 is 0 Å². The Hall–Kier alpha value is -3.35. The molecule has 1 aliphatic heterocycles. The summed E-state index contributed by atoms with van der Waals surface area (Å²) in [6.07, 6.45) is 2.43. The van der Waals surface area contributed by atoms with Gasteiger partial charge in [-0.15, -0.1) is 0 Å². The van der Waals surface area contributed by atoms with Crippen LogP contribution in [0.4, 0.5) is 11.4 Å². The van der Waals surface area contributed by atoms with E-state index in [4.69, 9.17) is 4.42 Å². The first kappa shape index (κ1) is 17.1. The minimum absolute atomic E-state index is 0.0977. The monoisotopic (exact) mass is 365 g/mol. The third-order valence-corrected chi connectivity index (χ3v) is 4.80. The van der Waals surface area contributed by atoms with Crippen LogP contribution in [0.25, 0.3) is 11.1 Å². The van der Waals surface area contributed by atoms with Gasteiger partial charge < -0.3 is 14.6 Å². The fourth-order valence-electron chi connectivity index (χ4n) is 3.36. The lowest BCUT2D eigenvalue weighted by Gasteiger charge is -2.27. The highest BCUT2D eigenvalue weighted by Gasteiger charge is 2.20. The SMILES string of the molecule is Cn1c(=O)oc2c(C(=O)Nc3cccc(N4CCCCC4=O)c3)cccc21. The predicted molar refractivity (Wildman–Crippen MR) is 102 cm³/mol. The molecule has 1 aliphatic rings. The van der Waals surface area contributed by atoms with Crippen molar-refractivity contribution in [3.63, 3.8) is 0 Å². The lowest BCUT2D eigenvalue weighted by atomic mass is 10.1. The number of rotatable bonds is 3. The van der Waals surface area contributed by atoms with Crippen LogP contribution < -0.4 is 16.0 Å². The van der Waals surface area contributed by atoms with E-state index in [1.165, 1.54) is 4.57 Å². The quantitative estimate of drug-likeness (QED) is 0.773. The van der Waals surface area contributed by atoms with Gasteiger partial charge in [0.05, 0.1) is 11.1 Å². The topological polar surface area (TPSA) is 84.5 Å². The molecule has 0 saturated carbocycles. The van der Waals surface area contributed by atoms with Crippen molar-refractivity contribution in [2.75, 3.05) is 16.8 Å². The maximum absolute atomic E-state index is 12.7. The van der Waals surface area contributed by atoms with Crippen molar-refractivity contribution in [1.29, 1.82) is 0 Å². The van der Waals surface area contributed by atoms with Crippen LogP contribution in [0.2, 0.25) is 0 Å². The van der Waals surface area contributed by atoms with Gasteiger partial charge in [0.2, 0.25) is 5.91 Å². The number of aryl methyl sites for hydroxylation is 1. The van der Waals surface area contributed by atoms with E-state index in [0.29, 0.717) is 24.2 Å². The van der Waals surface area contributed by atoms with Gasteiger partial charge in [0.15, 0.2) is 5.58 Å². The molecule has 2 aromatic carbocycles. The number of para-hydroxylation sites is 1. The maximum atomic E-state index is 12.7. The molecule has 0 aliphatic carbocycles. The number of aromatic nitrogens is 1. The molecule has 1 N–H and O–H groups in total. The van der Waals surface area contributed by atoms with E-state index < -0.39 is 5.76 Å². The molecule has 138 valence electrons. The van der Waals surface area contributed by atoms with Crippen molar-refractivity contribution in [3.8, 4) is 0 Å². The molecule has 7 heteroatoms. The fraction of sp³-hybridized carbons (Fsp3) is 0.250. The number of anilines is 2. The second kappa shape index (κ2) is 6.75. The second-order valence-electron chi connectivity index (χ2n) is 6.59. The van der Waals surface area contributed by atoms with Crippen LogP contribution in [-0.2, 0) is 11.8 Å². The molecule has 7 nitrogen and oxygen atoms in total. The Balaban J connectivity index is 1.62. The molecule has 3 aromatic rings. The number of carbonyl (C=O) groups excluding carboxylic acids is 2. The highest BCUT2D eigenvalue weighted by Crippen LogP contribution is 2.25. The Bertz CT molecular complexity index is 1100. The number of fused-ring (bicyclic) bond motifs is 1. The van der Waals surface area contributed by atoms with Gasteiger partial charge in [-0.05, 0) is 43.2 Å². The number of benzene rings is 2. The summed E-state index contributed by atoms with van der Waals surface area (Å²) in [6.45, 7) is 0.685. The zero-order valence-electron chi connectivity index (χ0n) is 14.9. The summed E-state index contributed by atoms with van der Waals surface area (Å²) < 4.78 is 6.57. The van der Waals surface area contributed by atoms with E-state index in [1.54, 1.807) is 48.3 Å². The average molecular weight is 365 g/mol. The summed E-state index contributed by atoms with van der Waals surface area (Å²) in [6, 6.07) is 12.2. The first-order chi connectivity index (χ1) is 13.0. The largest absolute Gasteiger partial charge is 0.419 e. The summed E-state index contributed by atoms with van der Waals surface area (Å²) in [7, 11) is 1.59. The lowest BCUT2D eigenvalue weighted by molar-refractivity contribution is -0.119. The van der Waals surface area contributed by atoms with Gasteiger partial charge in [-0.2, -0.15) is 0 Å². The molecule has 1 aromatic heterocycles. The minimum atomic E-state index is -0.518. The number of hydrogen-bond donors (Lipinski definition) is 1. The van der Waals surface area contributed by atoms with Crippen molar-refractivity contribution in [3.05, 3.63) is 58.6 Å². The number of nitrogens with zero attached hydrogens (tertiary/aromatic N) is 2. The average Bonchev–Trinajstić information content (AvgIpc) is 2.96. The van der Waals surface area contributed by atoms with Gasteiger partial charge in [-0.25, -0.2) is 4.79 Å². The summed E-state index contributed by atoms with van der Waals surface area (Å²) in [5, 5.41) is 2.83. The molecule has 0 unspecified atom stereocenters. The van der Waals surface area contributed by atoms with E-state index >= 15 is 0 Å². The Morgan fingerprint density at radius 1 is 1.11 bits per heavy atom. The number of carbonyl (C=O) groups is 2. The van der Waals surface area contributed by atoms with E-state index in [9.17, 15) is 14.4 Å². The Kier molecular flexibility index (Phi) is 4.27. The zero-order chi connectivity index (χ0) is 19.0. The number of hydrogen-bond acceptors (Lipinski definition) is 4. The summed E-state index contributed by atoms with van der Waals surface area (Å²) in [5.41, 5.74) is 2.43. The van der Waals surface area contributed by atoms with Crippen molar-refractivity contribution in [2.24, 2.45) is 7.05 Å². The highest BCUT2D eigenvalue weighted by atomic mass is 16.4.